The molecule has 3 rings (SSSR count). The molecule has 23 heavy (non-hydrogen) atoms. The predicted molar refractivity (Wildman–Crippen MR) is 79.7 cm³/mol. The number of urea groups is 1. The molecule has 0 aliphatic carbocycles. The molecule has 2 heterocycles. The highest BCUT2D eigenvalue weighted by Gasteiger charge is 2.22. The van der Waals surface area contributed by atoms with E-state index >= 15 is 0 Å². The molecule has 1 aromatic heterocycles. The number of aromatic nitrogens is 3. The van der Waals surface area contributed by atoms with Gasteiger partial charge in [-0.25, -0.2) is 14.7 Å². The van der Waals surface area contributed by atoms with Crippen molar-refractivity contribution in [1.82, 2.24) is 25.6 Å². The first-order valence-electron chi connectivity index (χ1n) is 7.43. The Kier molecular flexibility index (Phi) is 4.52. The second kappa shape index (κ2) is 6.74. The lowest BCUT2D eigenvalue weighted by Gasteiger charge is -2.24. The smallest absolute Gasteiger partial charge is 0.332 e. The standard InChI is InChI=1S/C15H18FN5O2/c1-10-18-19-14-7-6-13(8-21(10)14)17-15(22)20-23-9-11-2-4-12(16)5-3-11/h2-5,13H,6-9H2,1H3,(H2,17,20,22). The number of fused-ring (bicyclic) bond motifs is 1. The number of carbonyl (C=O) groups excluding carboxylic acids is 1. The Labute approximate surface area is 132 Å². The van der Waals surface area contributed by atoms with E-state index < -0.39 is 6.03 Å². The maximum Gasteiger partial charge on any atom is 0.338 e. The van der Waals surface area contributed by atoms with E-state index in [4.69, 9.17) is 4.84 Å². The summed E-state index contributed by atoms with van der Waals surface area (Å²) in [7, 11) is 0. The van der Waals surface area contributed by atoms with E-state index in [1.54, 1.807) is 12.1 Å². The van der Waals surface area contributed by atoms with Crippen LogP contribution in [0.1, 0.15) is 23.6 Å². The highest BCUT2D eigenvalue weighted by atomic mass is 19.1. The lowest BCUT2D eigenvalue weighted by atomic mass is 10.1. The summed E-state index contributed by atoms with van der Waals surface area (Å²) < 4.78 is 14.8. The number of rotatable bonds is 4. The number of hydrogen-bond donors (Lipinski definition) is 2. The number of halogens is 1. The number of nitrogens with zero attached hydrogens (tertiary/aromatic N) is 3. The largest absolute Gasteiger partial charge is 0.338 e. The molecule has 0 saturated carbocycles. The zero-order valence-electron chi connectivity index (χ0n) is 12.8. The summed E-state index contributed by atoms with van der Waals surface area (Å²) in [4.78, 5) is 17.0. The van der Waals surface area contributed by atoms with Crippen LogP contribution in [0.3, 0.4) is 0 Å². The first-order valence-corrected chi connectivity index (χ1v) is 7.43. The minimum absolute atomic E-state index is 0.00613. The van der Waals surface area contributed by atoms with Crippen molar-refractivity contribution in [1.29, 1.82) is 0 Å². The number of nitrogens with one attached hydrogen (secondary N) is 2. The fourth-order valence-corrected chi connectivity index (χ4v) is 2.56. The van der Waals surface area contributed by atoms with Gasteiger partial charge in [0, 0.05) is 19.0 Å². The molecule has 1 aliphatic heterocycles. The van der Waals surface area contributed by atoms with Crippen molar-refractivity contribution >= 4 is 6.03 Å². The fraction of sp³-hybridized carbons (Fsp3) is 0.400. The lowest BCUT2D eigenvalue weighted by Crippen LogP contribution is -2.45. The van der Waals surface area contributed by atoms with Crippen molar-refractivity contribution in [2.75, 3.05) is 0 Å². The van der Waals surface area contributed by atoms with Crippen molar-refractivity contribution in [2.45, 2.75) is 39.0 Å². The Hall–Kier alpha value is -2.48. The van der Waals surface area contributed by atoms with Crippen molar-refractivity contribution in [3.8, 4) is 0 Å². The van der Waals surface area contributed by atoms with Gasteiger partial charge in [0.2, 0.25) is 0 Å². The van der Waals surface area contributed by atoms with Gasteiger partial charge in [-0.1, -0.05) is 12.1 Å². The van der Waals surface area contributed by atoms with E-state index in [-0.39, 0.29) is 18.5 Å². The van der Waals surface area contributed by atoms with Gasteiger partial charge in [-0.15, -0.1) is 10.2 Å². The first kappa shape index (κ1) is 15.4. The van der Waals surface area contributed by atoms with Gasteiger partial charge in [-0.3, -0.25) is 4.84 Å². The molecule has 8 heteroatoms. The average Bonchev–Trinajstić information content (AvgIpc) is 2.90. The molecule has 122 valence electrons. The average molecular weight is 319 g/mol. The number of hydroxylamine groups is 1. The highest BCUT2D eigenvalue weighted by molar-refractivity contribution is 5.73. The van der Waals surface area contributed by atoms with Crippen molar-refractivity contribution in [2.24, 2.45) is 0 Å². The molecule has 1 atom stereocenters. The van der Waals surface area contributed by atoms with E-state index in [9.17, 15) is 9.18 Å². The lowest BCUT2D eigenvalue weighted by molar-refractivity contribution is 0.0476. The number of carbonyl (C=O) groups is 1. The zero-order valence-corrected chi connectivity index (χ0v) is 12.8. The van der Waals surface area contributed by atoms with Gasteiger partial charge in [0.15, 0.2) is 0 Å². The Morgan fingerprint density at radius 2 is 2.17 bits per heavy atom. The van der Waals surface area contributed by atoms with Crippen LogP contribution in [0.25, 0.3) is 0 Å². The third kappa shape index (κ3) is 3.84. The van der Waals surface area contributed by atoms with Gasteiger partial charge < -0.3 is 9.88 Å². The minimum Gasteiger partial charge on any atom is -0.332 e. The van der Waals surface area contributed by atoms with Crippen LogP contribution in [0.4, 0.5) is 9.18 Å². The maximum atomic E-state index is 12.8. The first-order chi connectivity index (χ1) is 11.1. The van der Waals surface area contributed by atoms with Gasteiger partial charge in [-0.2, -0.15) is 0 Å². The highest BCUT2D eigenvalue weighted by Crippen LogP contribution is 2.14. The molecule has 0 spiro atoms. The molecule has 0 bridgehead atoms. The van der Waals surface area contributed by atoms with Crippen LogP contribution in [0.15, 0.2) is 24.3 Å². The molecule has 1 aromatic carbocycles. The second-order valence-electron chi connectivity index (χ2n) is 5.50. The second-order valence-corrected chi connectivity index (χ2v) is 5.50. The number of amides is 2. The molecule has 0 saturated heterocycles. The molecular formula is C15H18FN5O2. The summed E-state index contributed by atoms with van der Waals surface area (Å²) in [5.41, 5.74) is 3.11. The van der Waals surface area contributed by atoms with Crippen LogP contribution in [0.5, 0.6) is 0 Å². The molecule has 0 radical (unpaired) electrons. The van der Waals surface area contributed by atoms with Gasteiger partial charge in [0.1, 0.15) is 17.5 Å². The normalized spacial score (nSPS) is 16.7. The summed E-state index contributed by atoms with van der Waals surface area (Å²) in [6.07, 6.45) is 1.59. The molecule has 7 nitrogen and oxygen atoms in total. The Morgan fingerprint density at radius 3 is 2.96 bits per heavy atom. The Balaban J connectivity index is 1.43. The third-order valence-corrected chi connectivity index (χ3v) is 3.78. The molecule has 0 fully saturated rings. The topological polar surface area (TPSA) is 81.1 Å². The van der Waals surface area contributed by atoms with E-state index in [0.29, 0.717) is 6.54 Å². The van der Waals surface area contributed by atoms with Crippen LogP contribution < -0.4 is 10.8 Å². The minimum atomic E-state index is -0.397. The number of hydrogen-bond acceptors (Lipinski definition) is 4. The SMILES string of the molecule is Cc1nnc2n1CC(NC(=O)NOCc1ccc(F)cc1)CC2. The monoisotopic (exact) mass is 319 g/mol. The summed E-state index contributed by atoms with van der Waals surface area (Å²) >= 11 is 0. The summed E-state index contributed by atoms with van der Waals surface area (Å²) in [6, 6.07) is 5.51. The van der Waals surface area contributed by atoms with Gasteiger partial charge >= 0.3 is 6.03 Å². The number of aryl methyl sites for hydroxylation is 2. The third-order valence-electron chi connectivity index (χ3n) is 3.78. The van der Waals surface area contributed by atoms with Gasteiger partial charge in [-0.05, 0) is 31.0 Å². The van der Waals surface area contributed by atoms with Crippen LogP contribution in [-0.2, 0) is 24.4 Å². The van der Waals surface area contributed by atoms with Gasteiger partial charge in [0.25, 0.3) is 0 Å². The predicted octanol–water partition coefficient (Wildman–Crippen LogP) is 1.47. The van der Waals surface area contributed by atoms with Crippen molar-refractivity contribution in [3.05, 3.63) is 47.3 Å². The van der Waals surface area contributed by atoms with Crippen molar-refractivity contribution < 1.29 is 14.0 Å². The molecule has 1 aliphatic rings. The number of benzene rings is 1. The molecule has 2 aromatic rings. The molecule has 2 N–H and O–H groups in total. The van der Waals surface area contributed by atoms with E-state index in [1.165, 1.54) is 12.1 Å². The van der Waals surface area contributed by atoms with Crippen LogP contribution in [0.2, 0.25) is 0 Å². The Morgan fingerprint density at radius 1 is 1.39 bits per heavy atom. The van der Waals surface area contributed by atoms with Crippen LogP contribution in [-0.4, -0.2) is 26.8 Å². The summed E-state index contributed by atoms with van der Waals surface area (Å²) in [6.45, 7) is 2.72. The van der Waals surface area contributed by atoms with E-state index in [1.807, 2.05) is 11.5 Å². The fourth-order valence-electron chi connectivity index (χ4n) is 2.56. The quantitative estimate of drug-likeness (QED) is 0.836. The van der Waals surface area contributed by atoms with E-state index in [0.717, 1.165) is 30.1 Å². The molecular weight excluding hydrogens is 301 g/mol. The van der Waals surface area contributed by atoms with E-state index in [2.05, 4.69) is 21.0 Å². The summed E-state index contributed by atoms with van der Waals surface area (Å²) in [5.74, 6) is 1.49. The summed E-state index contributed by atoms with van der Waals surface area (Å²) in [5, 5.41) is 11.0. The Bertz CT molecular complexity index is 686. The molecule has 1 unspecified atom stereocenters. The zero-order chi connectivity index (χ0) is 16.2. The van der Waals surface area contributed by atoms with Gasteiger partial charge in [0.05, 0.1) is 6.61 Å². The van der Waals surface area contributed by atoms with Crippen molar-refractivity contribution in [3.63, 3.8) is 0 Å². The maximum absolute atomic E-state index is 12.8. The van der Waals surface area contributed by atoms with Crippen LogP contribution >= 0.6 is 0 Å². The molecule has 2 amide bonds. The van der Waals surface area contributed by atoms with Crippen LogP contribution in [0, 0.1) is 12.7 Å².